The fourth-order valence-corrected chi connectivity index (χ4v) is 1.17. The third-order valence-electron chi connectivity index (χ3n) is 1.68. The molecule has 3 nitrogen and oxygen atoms in total. The zero-order chi connectivity index (χ0) is 10.6. The standard InChI is InChI=1S/C10H9ClN2O/c1-7(14)13-10(6-12)8-2-4-9(11)5-3-8/h2-5,10H,1H3,(H,13,14). The molecule has 1 aromatic carbocycles. The summed E-state index contributed by atoms with van der Waals surface area (Å²) in [4.78, 5) is 10.8. The largest absolute Gasteiger partial charge is 0.337 e. The van der Waals surface area contributed by atoms with Crippen LogP contribution in [0.2, 0.25) is 5.02 Å². The van der Waals surface area contributed by atoms with Crippen LogP contribution in [0.15, 0.2) is 24.3 Å². The molecule has 0 heterocycles. The Hall–Kier alpha value is -1.53. The number of rotatable bonds is 2. The van der Waals surface area contributed by atoms with Crippen LogP contribution in [0.5, 0.6) is 0 Å². The van der Waals surface area contributed by atoms with Gasteiger partial charge in [0.05, 0.1) is 6.07 Å². The van der Waals surface area contributed by atoms with Crippen LogP contribution in [-0.2, 0) is 4.79 Å². The lowest BCUT2D eigenvalue weighted by atomic mass is 10.1. The average molecular weight is 209 g/mol. The van der Waals surface area contributed by atoms with E-state index >= 15 is 0 Å². The topological polar surface area (TPSA) is 52.9 Å². The van der Waals surface area contributed by atoms with E-state index in [2.05, 4.69) is 5.32 Å². The van der Waals surface area contributed by atoms with Crippen LogP contribution in [0.4, 0.5) is 0 Å². The lowest BCUT2D eigenvalue weighted by Crippen LogP contribution is -2.24. The molecule has 1 atom stereocenters. The maximum atomic E-state index is 10.8. The van der Waals surface area contributed by atoms with Crippen molar-refractivity contribution in [1.82, 2.24) is 5.32 Å². The van der Waals surface area contributed by atoms with Gasteiger partial charge in [-0.3, -0.25) is 4.79 Å². The third kappa shape index (κ3) is 2.75. The van der Waals surface area contributed by atoms with Gasteiger partial charge in [-0.15, -0.1) is 0 Å². The second-order valence-corrected chi connectivity index (χ2v) is 3.25. The van der Waals surface area contributed by atoms with Gasteiger partial charge < -0.3 is 5.32 Å². The Morgan fingerprint density at radius 3 is 2.50 bits per heavy atom. The average Bonchev–Trinajstić information content (AvgIpc) is 2.15. The van der Waals surface area contributed by atoms with Crippen molar-refractivity contribution in [2.24, 2.45) is 0 Å². The third-order valence-corrected chi connectivity index (χ3v) is 1.93. The highest BCUT2D eigenvalue weighted by Gasteiger charge is 2.10. The molecular formula is C10H9ClN2O. The highest BCUT2D eigenvalue weighted by Crippen LogP contribution is 2.15. The van der Waals surface area contributed by atoms with Gasteiger partial charge in [0.25, 0.3) is 0 Å². The van der Waals surface area contributed by atoms with E-state index < -0.39 is 6.04 Å². The van der Waals surface area contributed by atoms with Gasteiger partial charge in [0.2, 0.25) is 5.91 Å². The number of hydrogen-bond donors (Lipinski definition) is 1. The van der Waals surface area contributed by atoms with E-state index in [1.165, 1.54) is 6.92 Å². The van der Waals surface area contributed by atoms with E-state index in [4.69, 9.17) is 16.9 Å². The van der Waals surface area contributed by atoms with Gasteiger partial charge in [-0.25, -0.2) is 0 Å². The lowest BCUT2D eigenvalue weighted by molar-refractivity contribution is -0.119. The first-order chi connectivity index (χ1) is 6.63. The maximum Gasteiger partial charge on any atom is 0.218 e. The molecule has 14 heavy (non-hydrogen) atoms. The summed E-state index contributed by atoms with van der Waals surface area (Å²) in [6.07, 6.45) is 0. The van der Waals surface area contributed by atoms with Crippen LogP contribution < -0.4 is 5.32 Å². The quantitative estimate of drug-likeness (QED) is 0.809. The van der Waals surface area contributed by atoms with Crippen molar-refractivity contribution in [2.45, 2.75) is 13.0 Å². The van der Waals surface area contributed by atoms with Gasteiger partial charge in [0.1, 0.15) is 6.04 Å². The normalized spacial score (nSPS) is 11.5. The minimum absolute atomic E-state index is 0.230. The summed E-state index contributed by atoms with van der Waals surface area (Å²) in [5.41, 5.74) is 0.729. The Labute approximate surface area is 87.3 Å². The van der Waals surface area contributed by atoms with Crippen LogP contribution in [0.1, 0.15) is 18.5 Å². The zero-order valence-corrected chi connectivity index (χ0v) is 8.38. The summed E-state index contributed by atoms with van der Waals surface area (Å²) in [7, 11) is 0. The van der Waals surface area contributed by atoms with Gasteiger partial charge in [-0.2, -0.15) is 5.26 Å². The molecule has 0 saturated carbocycles. The summed E-state index contributed by atoms with van der Waals surface area (Å²) in [5.74, 6) is -0.230. The van der Waals surface area contributed by atoms with E-state index in [0.29, 0.717) is 5.02 Å². The van der Waals surface area contributed by atoms with Gasteiger partial charge in [0, 0.05) is 11.9 Å². The summed E-state index contributed by atoms with van der Waals surface area (Å²) >= 11 is 5.70. The van der Waals surface area contributed by atoms with E-state index in [0.717, 1.165) is 5.56 Å². The number of carbonyl (C=O) groups excluding carboxylic acids is 1. The molecule has 4 heteroatoms. The molecule has 0 saturated heterocycles. The van der Waals surface area contributed by atoms with Crippen molar-refractivity contribution in [3.05, 3.63) is 34.9 Å². The van der Waals surface area contributed by atoms with Crippen molar-refractivity contribution in [1.29, 1.82) is 5.26 Å². The molecule has 0 fully saturated rings. The first-order valence-electron chi connectivity index (χ1n) is 4.05. The molecule has 0 radical (unpaired) electrons. The smallest absolute Gasteiger partial charge is 0.218 e. The highest BCUT2D eigenvalue weighted by atomic mass is 35.5. The first-order valence-corrected chi connectivity index (χ1v) is 4.43. The van der Waals surface area contributed by atoms with E-state index in [-0.39, 0.29) is 5.91 Å². The number of halogens is 1. The highest BCUT2D eigenvalue weighted by molar-refractivity contribution is 6.30. The van der Waals surface area contributed by atoms with Crippen molar-refractivity contribution in [2.75, 3.05) is 0 Å². The van der Waals surface area contributed by atoms with E-state index in [1.807, 2.05) is 6.07 Å². The molecule has 0 bridgehead atoms. The van der Waals surface area contributed by atoms with Crippen LogP contribution in [0.3, 0.4) is 0 Å². The molecule has 1 amide bonds. The number of nitrogens with zero attached hydrogens (tertiary/aromatic N) is 1. The Balaban J connectivity index is 2.85. The Bertz CT molecular complexity index is 367. The van der Waals surface area contributed by atoms with Crippen LogP contribution in [0, 0.1) is 11.3 Å². The fourth-order valence-electron chi connectivity index (χ4n) is 1.05. The van der Waals surface area contributed by atoms with Crippen molar-refractivity contribution in [3.63, 3.8) is 0 Å². The number of benzene rings is 1. The first kappa shape index (κ1) is 10.6. The molecule has 1 aromatic rings. The van der Waals surface area contributed by atoms with Crippen molar-refractivity contribution >= 4 is 17.5 Å². The summed E-state index contributed by atoms with van der Waals surface area (Å²) in [6, 6.07) is 8.18. The zero-order valence-electron chi connectivity index (χ0n) is 7.62. The molecule has 0 aliphatic carbocycles. The molecule has 0 aliphatic heterocycles. The predicted octanol–water partition coefficient (Wildman–Crippen LogP) is 2.04. The molecule has 1 rings (SSSR count). The maximum absolute atomic E-state index is 10.8. The Morgan fingerprint density at radius 2 is 2.07 bits per heavy atom. The second kappa shape index (κ2) is 4.64. The minimum Gasteiger partial charge on any atom is -0.337 e. The number of carbonyl (C=O) groups is 1. The lowest BCUT2D eigenvalue weighted by Gasteiger charge is -2.09. The molecule has 0 aliphatic rings. The molecule has 0 spiro atoms. The second-order valence-electron chi connectivity index (χ2n) is 2.81. The number of hydrogen-bond acceptors (Lipinski definition) is 2. The fraction of sp³-hybridized carbons (Fsp3) is 0.200. The molecule has 1 N–H and O–H groups in total. The van der Waals surface area contributed by atoms with Crippen molar-refractivity contribution < 1.29 is 4.79 Å². The molecular weight excluding hydrogens is 200 g/mol. The van der Waals surface area contributed by atoms with Crippen molar-refractivity contribution in [3.8, 4) is 6.07 Å². The summed E-state index contributed by atoms with van der Waals surface area (Å²) < 4.78 is 0. The summed E-state index contributed by atoms with van der Waals surface area (Å²) in [5, 5.41) is 11.9. The molecule has 1 unspecified atom stereocenters. The van der Waals surface area contributed by atoms with Gasteiger partial charge in [-0.1, -0.05) is 23.7 Å². The van der Waals surface area contributed by atoms with Gasteiger partial charge in [0.15, 0.2) is 0 Å². The monoisotopic (exact) mass is 208 g/mol. The van der Waals surface area contributed by atoms with Gasteiger partial charge in [-0.05, 0) is 17.7 Å². The Kier molecular flexibility index (Phi) is 3.49. The number of nitrogens with one attached hydrogen (secondary N) is 1. The number of amides is 1. The van der Waals surface area contributed by atoms with Crippen LogP contribution >= 0.6 is 11.6 Å². The van der Waals surface area contributed by atoms with E-state index in [1.54, 1.807) is 24.3 Å². The van der Waals surface area contributed by atoms with Crippen LogP contribution in [0.25, 0.3) is 0 Å². The van der Waals surface area contributed by atoms with Crippen LogP contribution in [-0.4, -0.2) is 5.91 Å². The molecule has 0 aromatic heterocycles. The summed E-state index contributed by atoms with van der Waals surface area (Å²) in [6.45, 7) is 1.38. The molecule has 72 valence electrons. The minimum atomic E-state index is -0.607. The predicted molar refractivity (Wildman–Crippen MR) is 53.6 cm³/mol. The Morgan fingerprint density at radius 1 is 1.50 bits per heavy atom. The van der Waals surface area contributed by atoms with E-state index in [9.17, 15) is 4.79 Å². The van der Waals surface area contributed by atoms with Gasteiger partial charge >= 0.3 is 0 Å². The SMILES string of the molecule is CC(=O)NC(C#N)c1ccc(Cl)cc1. The number of nitriles is 1.